The average molecular weight is 560 g/mol. The van der Waals surface area contributed by atoms with Crippen molar-refractivity contribution in [1.29, 1.82) is 0 Å². The van der Waals surface area contributed by atoms with Crippen LogP contribution in [0.2, 0.25) is 0 Å². The molecule has 1 saturated heterocycles. The Morgan fingerprint density at radius 3 is 2.63 bits per heavy atom. The van der Waals surface area contributed by atoms with E-state index in [2.05, 4.69) is 11.9 Å². The highest BCUT2D eigenvalue weighted by Crippen LogP contribution is 2.40. The third kappa shape index (κ3) is 6.03. The van der Waals surface area contributed by atoms with E-state index in [-0.39, 0.29) is 48.4 Å². The molecule has 1 N–H and O–H groups in total. The predicted molar refractivity (Wildman–Crippen MR) is 136 cm³/mol. The molecule has 38 heavy (non-hydrogen) atoms. The van der Waals surface area contributed by atoms with Gasteiger partial charge in [-0.1, -0.05) is 18.7 Å². The predicted octanol–water partition coefficient (Wildman–Crippen LogP) is 2.80. The van der Waals surface area contributed by atoms with Gasteiger partial charge in [0, 0.05) is 28.3 Å². The zero-order chi connectivity index (χ0) is 27.2. The number of nitrogens with one attached hydrogen (secondary N) is 1. The number of benzene rings is 1. The second-order valence-electron chi connectivity index (χ2n) is 7.94. The van der Waals surface area contributed by atoms with Gasteiger partial charge in [0.05, 0.1) is 11.3 Å². The third-order valence-electron chi connectivity index (χ3n) is 5.42. The van der Waals surface area contributed by atoms with Crippen LogP contribution in [-0.2, 0) is 30.3 Å². The second-order valence-corrected chi connectivity index (χ2v) is 10.1. The van der Waals surface area contributed by atoms with Gasteiger partial charge >= 0.3 is 12.1 Å². The van der Waals surface area contributed by atoms with Gasteiger partial charge in [-0.2, -0.15) is 0 Å². The summed E-state index contributed by atoms with van der Waals surface area (Å²) in [4.78, 5) is 62.7. The van der Waals surface area contributed by atoms with E-state index in [9.17, 15) is 29.3 Å². The second kappa shape index (κ2) is 11.9. The van der Waals surface area contributed by atoms with Crippen LogP contribution in [0.15, 0.2) is 65.7 Å². The number of carbonyl (C=O) groups excluding carboxylic acids is 4. The number of fused-ring (bicyclic) bond motifs is 1. The molecule has 0 saturated carbocycles. The number of non-ortho nitro benzene ring substituents is 1. The van der Waals surface area contributed by atoms with Crippen molar-refractivity contribution >= 4 is 52.7 Å². The number of ether oxygens (including phenoxy) is 3. The van der Waals surface area contributed by atoms with E-state index in [0.29, 0.717) is 5.57 Å². The lowest BCUT2D eigenvalue weighted by molar-refractivity contribution is -0.384. The summed E-state index contributed by atoms with van der Waals surface area (Å²) in [7, 11) is 0. The standard InChI is InChI=1S/C24H21N3O9S2/c1-2-9-34-23(30)20-14(12-35-24(31)36-16-7-5-15(6-8-16)27(32)33)13-38-22-19(21(29)26(20)22)25-18(28)11-17-4-3-10-37-17/h2-8,10,19,22H,1,9,11-13H2,(H,25,28). The Morgan fingerprint density at radius 2 is 1.97 bits per heavy atom. The molecule has 2 aliphatic rings. The molecule has 2 aliphatic heterocycles. The van der Waals surface area contributed by atoms with Gasteiger partial charge in [0.2, 0.25) is 5.91 Å². The normalized spacial score (nSPS) is 18.1. The van der Waals surface area contributed by atoms with Crippen molar-refractivity contribution in [2.24, 2.45) is 0 Å². The molecule has 0 spiro atoms. The lowest BCUT2D eigenvalue weighted by Gasteiger charge is -2.49. The molecule has 2 amide bonds. The molecule has 2 unspecified atom stereocenters. The number of rotatable bonds is 10. The summed E-state index contributed by atoms with van der Waals surface area (Å²) in [6.07, 6.45) is 0.404. The molecule has 1 fully saturated rings. The highest BCUT2D eigenvalue weighted by Gasteiger charge is 2.54. The van der Waals surface area contributed by atoms with Crippen LogP contribution >= 0.6 is 23.1 Å². The molecular formula is C24H21N3O9S2. The van der Waals surface area contributed by atoms with Gasteiger partial charge < -0.3 is 19.5 Å². The van der Waals surface area contributed by atoms with Crippen LogP contribution in [0.4, 0.5) is 10.5 Å². The largest absolute Gasteiger partial charge is 0.514 e. The van der Waals surface area contributed by atoms with Crippen LogP contribution < -0.4 is 10.1 Å². The zero-order valence-corrected chi connectivity index (χ0v) is 21.3. The molecule has 2 atom stereocenters. The maximum Gasteiger partial charge on any atom is 0.514 e. The van der Waals surface area contributed by atoms with Crippen molar-refractivity contribution in [3.63, 3.8) is 0 Å². The minimum Gasteiger partial charge on any atom is -0.457 e. The number of esters is 1. The fraction of sp³-hybridized carbons (Fsp3) is 0.250. The molecule has 1 aromatic heterocycles. The summed E-state index contributed by atoms with van der Waals surface area (Å²) in [6, 6.07) is 7.65. The molecule has 12 nitrogen and oxygen atoms in total. The van der Waals surface area contributed by atoms with Crippen molar-refractivity contribution in [2.75, 3.05) is 19.0 Å². The number of hydrogen-bond acceptors (Lipinski definition) is 11. The summed E-state index contributed by atoms with van der Waals surface area (Å²) in [5.41, 5.74) is 0.0812. The first-order chi connectivity index (χ1) is 18.3. The van der Waals surface area contributed by atoms with Gasteiger partial charge in [0.25, 0.3) is 11.6 Å². The van der Waals surface area contributed by atoms with E-state index >= 15 is 0 Å². The topological polar surface area (TPSA) is 154 Å². The van der Waals surface area contributed by atoms with E-state index in [1.54, 1.807) is 0 Å². The van der Waals surface area contributed by atoms with Crippen molar-refractivity contribution < 1.29 is 38.3 Å². The minimum absolute atomic E-state index is 0.0253. The molecule has 0 bridgehead atoms. The van der Waals surface area contributed by atoms with E-state index < -0.39 is 34.4 Å². The molecule has 4 rings (SSSR count). The monoisotopic (exact) mass is 559 g/mol. The van der Waals surface area contributed by atoms with E-state index in [4.69, 9.17) is 14.2 Å². The fourth-order valence-electron chi connectivity index (χ4n) is 3.69. The Bertz CT molecular complexity index is 1290. The van der Waals surface area contributed by atoms with Crippen molar-refractivity contribution in [3.8, 4) is 5.75 Å². The van der Waals surface area contributed by atoms with Crippen LogP contribution in [-0.4, -0.2) is 64.1 Å². The van der Waals surface area contributed by atoms with Gasteiger partial charge in [-0.15, -0.1) is 23.1 Å². The molecular weight excluding hydrogens is 538 g/mol. The highest BCUT2D eigenvalue weighted by atomic mass is 32.2. The first-order valence-corrected chi connectivity index (χ1v) is 13.1. The molecule has 3 heterocycles. The van der Waals surface area contributed by atoms with Gasteiger partial charge in [0.15, 0.2) is 0 Å². The van der Waals surface area contributed by atoms with Crippen LogP contribution in [0.5, 0.6) is 5.75 Å². The van der Waals surface area contributed by atoms with E-state index in [1.165, 1.54) is 58.3 Å². The first kappa shape index (κ1) is 26.9. The van der Waals surface area contributed by atoms with Crippen LogP contribution in [0.25, 0.3) is 0 Å². The Kier molecular flexibility index (Phi) is 8.43. The molecule has 14 heteroatoms. The van der Waals surface area contributed by atoms with Crippen molar-refractivity contribution in [3.05, 3.63) is 80.7 Å². The van der Waals surface area contributed by atoms with E-state index in [1.807, 2.05) is 17.5 Å². The number of hydrogen-bond donors (Lipinski definition) is 1. The van der Waals surface area contributed by atoms with Crippen molar-refractivity contribution in [2.45, 2.75) is 17.8 Å². The molecule has 198 valence electrons. The number of thiophene rings is 1. The fourth-order valence-corrected chi connectivity index (χ4v) is 5.72. The maximum atomic E-state index is 13.0. The van der Waals surface area contributed by atoms with Crippen LogP contribution in [0, 0.1) is 10.1 Å². The smallest absolute Gasteiger partial charge is 0.457 e. The summed E-state index contributed by atoms with van der Waals surface area (Å²) in [5.74, 6) is -1.35. The number of nitrogens with zero attached hydrogens (tertiary/aromatic N) is 2. The summed E-state index contributed by atoms with van der Waals surface area (Å²) >= 11 is 2.73. The lowest BCUT2D eigenvalue weighted by Crippen LogP contribution is -2.70. The quantitative estimate of drug-likeness (QED) is 0.115. The van der Waals surface area contributed by atoms with Crippen LogP contribution in [0.3, 0.4) is 0 Å². The maximum absolute atomic E-state index is 13.0. The number of nitro groups is 1. The highest BCUT2D eigenvalue weighted by molar-refractivity contribution is 8.00. The van der Waals surface area contributed by atoms with Gasteiger partial charge in [-0.05, 0) is 23.6 Å². The Balaban J connectivity index is 1.42. The molecule has 1 aromatic carbocycles. The zero-order valence-electron chi connectivity index (χ0n) is 19.7. The minimum atomic E-state index is -1.11. The summed E-state index contributed by atoms with van der Waals surface area (Å²) < 4.78 is 15.3. The van der Waals surface area contributed by atoms with E-state index in [0.717, 1.165) is 4.88 Å². The lowest BCUT2D eigenvalue weighted by atomic mass is 10.0. The van der Waals surface area contributed by atoms with Gasteiger partial charge in [-0.3, -0.25) is 24.6 Å². The Hall–Kier alpha value is -4.17. The molecule has 0 radical (unpaired) electrons. The summed E-state index contributed by atoms with van der Waals surface area (Å²) in [5, 5.41) is 14.8. The molecule has 0 aliphatic carbocycles. The first-order valence-electron chi connectivity index (χ1n) is 11.1. The van der Waals surface area contributed by atoms with Gasteiger partial charge in [0.1, 0.15) is 36.1 Å². The Morgan fingerprint density at radius 1 is 1.21 bits per heavy atom. The number of β-lactam (4-membered cyclic amide) rings is 1. The van der Waals surface area contributed by atoms with Crippen molar-refractivity contribution in [1.82, 2.24) is 10.2 Å². The number of amides is 2. The third-order valence-corrected chi connectivity index (χ3v) is 7.63. The number of thioether (sulfide) groups is 1. The SMILES string of the molecule is C=CCOC(=O)C1=C(COC(=O)Oc2ccc([N+](=O)[O-])cc2)CSC2C(NC(=O)Cc3cccs3)C(=O)N12. The number of nitro benzene ring substituents is 1. The number of carbonyl (C=O) groups is 4. The molecule has 2 aromatic rings. The summed E-state index contributed by atoms with van der Waals surface area (Å²) in [6.45, 7) is 3.03. The Labute approximate surface area is 224 Å². The van der Waals surface area contributed by atoms with Gasteiger partial charge in [-0.25, -0.2) is 9.59 Å². The van der Waals surface area contributed by atoms with Crippen LogP contribution in [0.1, 0.15) is 4.88 Å². The average Bonchev–Trinajstić information content (AvgIpc) is 3.41.